The maximum Gasteiger partial charge on any atom is 0.339 e. The Labute approximate surface area is 127 Å². The van der Waals surface area contributed by atoms with Crippen LogP contribution in [0, 0.1) is 6.92 Å². The molecule has 0 fully saturated rings. The number of nitrogens with zero attached hydrogens (tertiary/aromatic N) is 2. The third-order valence-corrected chi connectivity index (χ3v) is 2.95. The summed E-state index contributed by atoms with van der Waals surface area (Å²) in [5.74, 6) is -0.418. The van der Waals surface area contributed by atoms with Crippen LogP contribution in [0.1, 0.15) is 26.5 Å². The van der Waals surface area contributed by atoms with Crippen LogP contribution >= 0.6 is 0 Å². The second-order valence-corrected chi connectivity index (χ2v) is 4.38. The van der Waals surface area contributed by atoms with Crippen molar-refractivity contribution in [2.75, 3.05) is 19.5 Å². The van der Waals surface area contributed by atoms with Crippen molar-refractivity contribution in [3.63, 3.8) is 0 Å². The summed E-state index contributed by atoms with van der Waals surface area (Å²) in [4.78, 5) is 31.8. The molecule has 7 heteroatoms. The van der Waals surface area contributed by atoms with E-state index in [0.29, 0.717) is 22.7 Å². The normalized spacial score (nSPS) is 9.95. The van der Waals surface area contributed by atoms with Crippen molar-refractivity contribution in [3.05, 3.63) is 47.5 Å². The lowest BCUT2D eigenvalue weighted by molar-refractivity contribution is 0.0599. The van der Waals surface area contributed by atoms with Gasteiger partial charge in [0.05, 0.1) is 37.4 Å². The third kappa shape index (κ3) is 3.38. The highest BCUT2D eigenvalue weighted by Gasteiger charge is 2.14. The van der Waals surface area contributed by atoms with Gasteiger partial charge in [-0.2, -0.15) is 0 Å². The Morgan fingerprint density at radius 2 is 1.95 bits per heavy atom. The summed E-state index contributed by atoms with van der Waals surface area (Å²) in [6.07, 6.45) is 2.93. The number of hydrogen-bond donors (Lipinski definition) is 1. The Morgan fingerprint density at radius 1 is 1.18 bits per heavy atom. The van der Waals surface area contributed by atoms with E-state index in [0.717, 1.165) is 0 Å². The first-order valence-corrected chi connectivity index (χ1v) is 6.41. The average molecular weight is 301 g/mol. The summed E-state index contributed by atoms with van der Waals surface area (Å²) < 4.78 is 9.71. The van der Waals surface area contributed by atoms with E-state index in [-0.39, 0.29) is 5.69 Å². The molecule has 0 bridgehead atoms. The number of esters is 1. The first kappa shape index (κ1) is 15.4. The standard InChI is InChI=1S/C15H15N3O4/c1-9-12(15(20)22-3)6-10(8-17-9)18-14(19)13-7-11(21-2)4-5-16-13/h4-8H,1-3H3,(H,18,19). The number of carbonyl (C=O) groups is 2. The number of rotatable bonds is 4. The predicted octanol–water partition coefficient (Wildman–Crippen LogP) is 1.83. The number of amides is 1. The molecule has 2 aromatic rings. The van der Waals surface area contributed by atoms with Crippen LogP contribution in [-0.2, 0) is 4.74 Å². The second kappa shape index (κ2) is 6.66. The van der Waals surface area contributed by atoms with E-state index in [2.05, 4.69) is 20.0 Å². The van der Waals surface area contributed by atoms with Gasteiger partial charge < -0.3 is 14.8 Å². The van der Waals surface area contributed by atoms with E-state index >= 15 is 0 Å². The smallest absolute Gasteiger partial charge is 0.339 e. The Morgan fingerprint density at radius 3 is 2.64 bits per heavy atom. The van der Waals surface area contributed by atoms with Crippen molar-refractivity contribution < 1.29 is 19.1 Å². The van der Waals surface area contributed by atoms with E-state index in [9.17, 15) is 9.59 Å². The van der Waals surface area contributed by atoms with Crippen LogP contribution in [-0.4, -0.2) is 36.1 Å². The summed E-state index contributed by atoms with van der Waals surface area (Å²) in [6.45, 7) is 1.68. The molecule has 0 aliphatic heterocycles. The molecule has 0 saturated carbocycles. The molecule has 0 aliphatic carbocycles. The molecule has 0 aliphatic rings. The molecule has 0 aromatic carbocycles. The van der Waals surface area contributed by atoms with Gasteiger partial charge in [0, 0.05) is 12.3 Å². The highest BCUT2D eigenvalue weighted by molar-refractivity contribution is 6.03. The average Bonchev–Trinajstić information content (AvgIpc) is 2.55. The van der Waals surface area contributed by atoms with Crippen molar-refractivity contribution in [1.82, 2.24) is 9.97 Å². The molecule has 1 N–H and O–H groups in total. The van der Waals surface area contributed by atoms with Crippen LogP contribution < -0.4 is 10.1 Å². The molecule has 0 radical (unpaired) electrons. The van der Waals surface area contributed by atoms with E-state index in [1.165, 1.54) is 38.7 Å². The van der Waals surface area contributed by atoms with Gasteiger partial charge in [0.15, 0.2) is 0 Å². The number of pyridine rings is 2. The Balaban J connectivity index is 2.23. The number of nitrogens with one attached hydrogen (secondary N) is 1. The number of aromatic nitrogens is 2. The number of anilines is 1. The number of carbonyl (C=O) groups excluding carboxylic acids is 2. The van der Waals surface area contributed by atoms with Crippen molar-refractivity contribution in [3.8, 4) is 5.75 Å². The molecular formula is C15H15N3O4. The largest absolute Gasteiger partial charge is 0.497 e. The molecule has 7 nitrogen and oxygen atoms in total. The zero-order chi connectivity index (χ0) is 16.1. The van der Waals surface area contributed by atoms with Crippen LogP contribution in [0.15, 0.2) is 30.6 Å². The first-order chi connectivity index (χ1) is 10.5. The number of ether oxygens (including phenoxy) is 2. The second-order valence-electron chi connectivity index (χ2n) is 4.38. The highest BCUT2D eigenvalue weighted by Crippen LogP contribution is 2.16. The molecule has 2 aromatic heterocycles. The van der Waals surface area contributed by atoms with Gasteiger partial charge in [-0.15, -0.1) is 0 Å². The summed E-state index contributed by atoms with van der Waals surface area (Å²) in [5.41, 5.74) is 1.38. The molecule has 22 heavy (non-hydrogen) atoms. The van der Waals surface area contributed by atoms with Crippen molar-refractivity contribution in [2.45, 2.75) is 6.92 Å². The molecule has 114 valence electrons. The van der Waals surface area contributed by atoms with E-state index < -0.39 is 11.9 Å². The van der Waals surface area contributed by atoms with Crippen molar-refractivity contribution in [2.24, 2.45) is 0 Å². The summed E-state index contributed by atoms with van der Waals surface area (Å²) >= 11 is 0. The molecule has 2 heterocycles. The molecule has 0 saturated heterocycles. The number of aryl methyl sites for hydroxylation is 1. The molecular weight excluding hydrogens is 286 g/mol. The minimum Gasteiger partial charge on any atom is -0.497 e. The Hall–Kier alpha value is -2.96. The van der Waals surface area contributed by atoms with Crippen LogP contribution in [0.5, 0.6) is 5.75 Å². The van der Waals surface area contributed by atoms with E-state index in [4.69, 9.17) is 4.74 Å². The molecule has 0 spiro atoms. The number of hydrogen-bond acceptors (Lipinski definition) is 6. The quantitative estimate of drug-likeness (QED) is 0.866. The van der Waals surface area contributed by atoms with Gasteiger partial charge in [-0.05, 0) is 19.1 Å². The van der Waals surface area contributed by atoms with Gasteiger partial charge in [0.25, 0.3) is 5.91 Å². The zero-order valence-electron chi connectivity index (χ0n) is 12.4. The minimum atomic E-state index is -0.513. The van der Waals surface area contributed by atoms with Gasteiger partial charge in [-0.3, -0.25) is 14.8 Å². The van der Waals surface area contributed by atoms with E-state index in [1.807, 2.05) is 0 Å². The van der Waals surface area contributed by atoms with Gasteiger partial charge in [-0.25, -0.2) is 4.79 Å². The fourth-order valence-corrected chi connectivity index (χ4v) is 1.78. The van der Waals surface area contributed by atoms with Crippen molar-refractivity contribution in [1.29, 1.82) is 0 Å². The van der Waals surface area contributed by atoms with Crippen LogP contribution in [0.4, 0.5) is 5.69 Å². The third-order valence-electron chi connectivity index (χ3n) is 2.95. The lowest BCUT2D eigenvalue weighted by Gasteiger charge is -2.08. The summed E-state index contributed by atoms with van der Waals surface area (Å²) in [5, 5.41) is 2.63. The molecule has 1 amide bonds. The predicted molar refractivity (Wildman–Crippen MR) is 79.1 cm³/mol. The molecule has 2 rings (SSSR count). The van der Waals surface area contributed by atoms with Gasteiger partial charge in [0.1, 0.15) is 11.4 Å². The van der Waals surface area contributed by atoms with Crippen LogP contribution in [0.3, 0.4) is 0 Å². The van der Waals surface area contributed by atoms with Gasteiger partial charge >= 0.3 is 5.97 Å². The highest BCUT2D eigenvalue weighted by atomic mass is 16.5. The minimum absolute atomic E-state index is 0.194. The monoisotopic (exact) mass is 301 g/mol. The summed E-state index contributed by atoms with van der Waals surface area (Å²) in [7, 11) is 2.79. The van der Waals surface area contributed by atoms with Crippen molar-refractivity contribution >= 4 is 17.6 Å². The Kier molecular flexibility index (Phi) is 4.67. The van der Waals surface area contributed by atoms with E-state index in [1.54, 1.807) is 13.0 Å². The van der Waals surface area contributed by atoms with Gasteiger partial charge in [0.2, 0.25) is 0 Å². The molecule has 0 atom stereocenters. The maximum absolute atomic E-state index is 12.1. The van der Waals surface area contributed by atoms with Crippen LogP contribution in [0.25, 0.3) is 0 Å². The lowest BCUT2D eigenvalue weighted by atomic mass is 10.2. The first-order valence-electron chi connectivity index (χ1n) is 6.41. The zero-order valence-corrected chi connectivity index (χ0v) is 12.4. The lowest BCUT2D eigenvalue weighted by Crippen LogP contribution is -2.15. The Bertz CT molecular complexity index is 716. The summed E-state index contributed by atoms with van der Waals surface area (Å²) in [6, 6.07) is 4.66. The SMILES string of the molecule is COC(=O)c1cc(NC(=O)c2cc(OC)ccn2)cnc1C. The maximum atomic E-state index is 12.1. The molecule has 0 unspecified atom stereocenters. The topological polar surface area (TPSA) is 90.4 Å². The van der Waals surface area contributed by atoms with Crippen LogP contribution in [0.2, 0.25) is 0 Å². The number of methoxy groups -OCH3 is 2. The fraction of sp³-hybridized carbons (Fsp3) is 0.200. The van der Waals surface area contributed by atoms with Gasteiger partial charge in [-0.1, -0.05) is 0 Å². The fourth-order valence-electron chi connectivity index (χ4n) is 1.78.